The van der Waals surface area contributed by atoms with Crippen LogP contribution in [-0.4, -0.2) is 35.9 Å². The van der Waals surface area contributed by atoms with Gasteiger partial charge in [0.05, 0.1) is 17.9 Å². The van der Waals surface area contributed by atoms with Crippen LogP contribution >= 0.6 is 11.8 Å². The van der Waals surface area contributed by atoms with E-state index in [0.717, 1.165) is 16.8 Å². The second kappa shape index (κ2) is 9.63. The summed E-state index contributed by atoms with van der Waals surface area (Å²) in [6, 6.07) is 7.27. The van der Waals surface area contributed by atoms with Crippen LogP contribution in [0.1, 0.15) is 46.1 Å². The number of hydrogen-bond acceptors (Lipinski definition) is 8. The number of aromatic nitrogens is 1. The first-order valence-corrected chi connectivity index (χ1v) is 10.5. The number of ketones is 1. The summed E-state index contributed by atoms with van der Waals surface area (Å²) in [5.74, 6) is 0.951. The lowest BCUT2D eigenvalue weighted by atomic mass is 9.99. The number of esters is 1. The molecule has 0 aliphatic carbocycles. The maximum Gasteiger partial charge on any atom is 0.306 e. The van der Waals surface area contributed by atoms with Gasteiger partial charge >= 0.3 is 5.97 Å². The van der Waals surface area contributed by atoms with Gasteiger partial charge in [0.15, 0.2) is 17.3 Å². The van der Waals surface area contributed by atoms with Crippen molar-refractivity contribution in [3.05, 3.63) is 46.1 Å². The van der Waals surface area contributed by atoms with Crippen LogP contribution in [0.4, 0.5) is 0 Å². The predicted octanol–water partition coefficient (Wildman–Crippen LogP) is 3.77. The molecule has 156 valence electrons. The molecule has 0 radical (unpaired) electrons. The van der Waals surface area contributed by atoms with E-state index in [0.29, 0.717) is 40.7 Å². The van der Waals surface area contributed by atoms with Crippen LogP contribution in [0.25, 0.3) is 0 Å². The highest BCUT2D eigenvalue weighted by atomic mass is 32.2. The molecule has 0 fully saturated rings. The highest BCUT2D eigenvalue weighted by Gasteiger charge is 2.19. The van der Waals surface area contributed by atoms with Gasteiger partial charge in [-0.2, -0.15) is 5.26 Å². The third-order valence-corrected chi connectivity index (χ3v) is 5.75. The van der Waals surface area contributed by atoms with Crippen molar-refractivity contribution in [1.82, 2.24) is 4.98 Å². The van der Waals surface area contributed by atoms with Crippen molar-refractivity contribution in [3.63, 3.8) is 0 Å². The third kappa shape index (κ3) is 4.74. The Bertz CT molecular complexity index is 1030. The molecule has 3 rings (SSSR count). The number of hydrogen-bond donors (Lipinski definition) is 0. The minimum absolute atomic E-state index is 0.0920. The van der Waals surface area contributed by atoms with E-state index in [-0.39, 0.29) is 30.7 Å². The van der Waals surface area contributed by atoms with E-state index in [4.69, 9.17) is 14.2 Å². The molecular formula is C22H22N2O5S. The van der Waals surface area contributed by atoms with Crippen molar-refractivity contribution in [2.75, 3.05) is 19.2 Å². The summed E-state index contributed by atoms with van der Waals surface area (Å²) in [6.07, 6.45) is 0.691. The van der Waals surface area contributed by atoms with Crippen molar-refractivity contribution < 1.29 is 23.8 Å². The van der Waals surface area contributed by atoms with Gasteiger partial charge in [-0.1, -0.05) is 11.8 Å². The number of ether oxygens (including phenoxy) is 3. The van der Waals surface area contributed by atoms with Gasteiger partial charge in [0.1, 0.15) is 11.1 Å². The molecule has 2 heterocycles. The van der Waals surface area contributed by atoms with E-state index < -0.39 is 0 Å². The number of thioether (sulfide) groups is 1. The van der Waals surface area contributed by atoms with Crippen molar-refractivity contribution >= 4 is 23.5 Å². The Morgan fingerprint density at radius 1 is 1.27 bits per heavy atom. The Morgan fingerprint density at radius 3 is 2.77 bits per heavy atom. The maximum atomic E-state index is 12.6. The second-order valence-electron chi connectivity index (χ2n) is 6.68. The minimum atomic E-state index is -0.275. The first-order chi connectivity index (χ1) is 14.4. The van der Waals surface area contributed by atoms with Crippen LogP contribution in [0.2, 0.25) is 0 Å². The number of Topliss-reactive ketones (excluding diaryl/α,β-unsaturated/α-hetero) is 1. The molecule has 1 aliphatic heterocycles. The lowest BCUT2D eigenvalue weighted by molar-refractivity contribution is -0.143. The van der Waals surface area contributed by atoms with Crippen LogP contribution in [0.3, 0.4) is 0 Å². The molecule has 30 heavy (non-hydrogen) atoms. The first-order valence-electron chi connectivity index (χ1n) is 9.56. The topological polar surface area (TPSA) is 98.5 Å². The van der Waals surface area contributed by atoms with Gasteiger partial charge in [0.2, 0.25) is 6.79 Å². The molecular weight excluding hydrogens is 404 g/mol. The molecule has 0 spiro atoms. The Kier molecular flexibility index (Phi) is 6.95. The van der Waals surface area contributed by atoms with Gasteiger partial charge in [-0.05, 0) is 56.5 Å². The number of pyridine rings is 1. The minimum Gasteiger partial charge on any atom is -0.466 e. The molecule has 0 N–H and O–H groups in total. The first kappa shape index (κ1) is 21.7. The number of nitrogens with zero attached hydrogens (tertiary/aromatic N) is 2. The van der Waals surface area contributed by atoms with E-state index in [1.165, 1.54) is 11.8 Å². The molecule has 2 aromatic rings. The predicted molar refractivity (Wildman–Crippen MR) is 111 cm³/mol. The zero-order valence-corrected chi connectivity index (χ0v) is 17.9. The summed E-state index contributed by atoms with van der Waals surface area (Å²) in [5.41, 5.74) is 3.35. The van der Waals surface area contributed by atoms with Crippen molar-refractivity contribution in [2.24, 2.45) is 0 Å². The maximum absolute atomic E-state index is 12.6. The number of carbonyl (C=O) groups excluding carboxylic acids is 2. The third-order valence-electron chi connectivity index (χ3n) is 4.78. The van der Waals surface area contributed by atoms with E-state index in [2.05, 4.69) is 11.1 Å². The van der Waals surface area contributed by atoms with Crippen molar-refractivity contribution in [1.29, 1.82) is 5.26 Å². The molecule has 8 heteroatoms. The average molecular weight is 426 g/mol. The molecule has 0 bridgehead atoms. The van der Waals surface area contributed by atoms with Gasteiger partial charge < -0.3 is 14.2 Å². The fraction of sp³-hybridized carbons (Fsp3) is 0.364. The smallest absolute Gasteiger partial charge is 0.306 e. The Morgan fingerprint density at radius 2 is 2.03 bits per heavy atom. The number of rotatable bonds is 8. The van der Waals surface area contributed by atoms with Gasteiger partial charge in [0, 0.05) is 17.7 Å². The van der Waals surface area contributed by atoms with E-state index >= 15 is 0 Å². The zero-order valence-electron chi connectivity index (χ0n) is 17.1. The highest BCUT2D eigenvalue weighted by molar-refractivity contribution is 8.00. The molecule has 0 saturated heterocycles. The van der Waals surface area contributed by atoms with Crippen LogP contribution in [-0.2, 0) is 16.0 Å². The van der Waals surface area contributed by atoms with Gasteiger partial charge in [-0.25, -0.2) is 4.98 Å². The summed E-state index contributed by atoms with van der Waals surface area (Å²) in [4.78, 5) is 28.8. The second-order valence-corrected chi connectivity index (χ2v) is 7.64. The van der Waals surface area contributed by atoms with Gasteiger partial charge in [-0.3, -0.25) is 9.59 Å². The lowest BCUT2D eigenvalue weighted by Gasteiger charge is -2.14. The average Bonchev–Trinajstić information content (AvgIpc) is 3.19. The van der Waals surface area contributed by atoms with E-state index in [1.54, 1.807) is 25.1 Å². The largest absolute Gasteiger partial charge is 0.466 e. The normalized spacial score (nSPS) is 11.8. The zero-order chi connectivity index (χ0) is 21.7. The monoisotopic (exact) mass is 426 g/mol. The summed E-state index contributed by atoms with van der Waals surface area (Å²) in [5, 5.41) is 10.2. The van der Waals surface area contributed by atoms with Crippen LogP contribution in [0.5, 0.6) is 11.5 Å². The highest BCUT2D eigenvalue weighted by Crippen LogP contribution is 2.33. The van der Waals surface area contributed by atoms with E-state index in [9.17, 15) is 14.9 Å². The lowest BCUT2D eigenvalue weighted by Crippen LogP contribution is -2.09. The summed E-state index contributed by atoms with van der Waals surface area (Å²) in [7, 11) is 0. The molecule has 1 aliphatic rings. The number of nitriles is 1. The van der Waals surface area contributed by atoms with Gasteiger partial charge in [-0.15, -0.1) is 0 Å². The Hall–Kier alpha value is -3.05. The summed E-state index contributed by atoms with van der Waals surface area (Å²) < 4.78 is 15.6. The summed E-state index contributed by atoms with van der Waals surface area (Å²) in [6.45, 7) is 5.94. The van der Waals surface area contributed by atoms with Crippen molar-refractivity contribution in [2.45, 2.75) is 38.6 Å². The fourth-order valence-electron chi connectivity index (χ4n) is 3.21. The number of aryl methyl sites for hydroxylation is 1. The van der Waals surface area contributed by atoms with Crippen LogP contribution in [0.15, 0.2) is 23.2 Å². The Balaban J connectivity index is 1.73. The quantitative estimate of drug-likeness (QED) is 0.357. The SMILES string of the molecule is CCOC(=O)CCc1c(C)nc(SCC(=O)c2ccc3c(c2)OCO3)c(C#N)c1C. The van der Waals surface area contributed by atoms with E-state index in [1.807, 2.05) is 13.8 Å². The van der Waals surface area contributed by atoms with Crippen LogP contribution in [0, 0.1) is 25.2 Å². The van der Waals surface area contributed by atoms with Crippen LogP contribution < -0.4 is 9.47 Å². The molecule has 0 saturated carbocycles. The molecule has 0 atom stereocenters. The fourth-order valence-corrected chi connectivity index (χ4v) is 4.19. The standard InChI is InChI=1S/C22H22N2O5S/c1-4-27-21(26)8-6-16-13(2)17(10-23)22(24-14(16)3)30-11-18(25)15-5-7-19-20(9-15)29-12-28-19/h5,7,9H,4,6,8,11-12H2,1-3H3. The molecule has 7 nitrogen and oxygen atoms in total. The van der Waals surface area contributed by atoms with Crippen molar-refractivity contribution in [3.8, 4) is 17.6 Å². The number of carbonyl (C=O) groups is 2. The molecule has 0 unspecified atom stereocenters. The Labute approximate surface area is 179 Å². The molecule has 1 aromatic carbocycles. The summed E-state index contributed by atoms with van der Waals surface area (Å²) >= 11 is 1.23. The molecule has 0 amide bonds. The number of benzene rings is 1. The van der Waals surface area contributed by atoms with Gasteiger partial charge in [0.25, 0.3) is 0 Å². The molecule has 1 aromatic heterocycles. The number of fused-ring (bicyclic) bond motifs is 1.